The molecule has 1 aliphatic rings. The fourth-order valence-electron chi connectivity index (χ4n) is 3.53. The molecule has 0 saturated carbocycles. The molecule has 146 valence electrons. The monoisotopic (exact) mass is 383 g/mol. The first-order valence-corrected chi connectivity index (χ1v) is 8.86. The normalized spacial score (nSPS) is 18.1. The molecule has 2 rings (SSSR count). The predicted octanol–water partition coefficient (Wildman–Crippen LogP) is 2.53. The van der Waals surface area contributed by atoms with Crippen molar-refractivity contribution in [1.29, 1.82) is 0 Å². The van der Waals surface area contributed by atoms with Crippen molar-refractivity contribution in [3.63, 3.8) is 0 Å². The Balaban J connectivity index is 0.00000338. The van der Waals surface area contributed by atoms with E-state index in [1.54, 1.807) is 0 Å². The molecule has 2 N–H and O–H groups in total. The van der Waals surface area contributed by atoms with E-state index in [4.69, 9.17) is 5.11 Å². The number of carboxylic acid groups (broad SMARTS) is 1. The fourth-order valence-corrected chi connectivity index (χ4v) is 3.53. The van der Waals surface area contributed by atoms with E-state index in [9.17, 15) is 9.59 Å². The highest BCUT2D eigenvalue weighted by Crippen LogP contribution is 2.17. The van der Waals surface area contributed by atoms with Crippen LogP contribution in [0.5, 0.6) is 0 Å². The molecule has 0 bridgehead atoms. The third kappa shape index (κ3) is 7.32. The zero-order chi connectivity index (χ0) is 18.4. The van der Waals surface area contributed by atoms with Crippen LogP contribution in [0, 0.1) is 13.8 Å². The van der Waals surface area contributed by atoms with E-state index in [2.05, 4.69) is 16.3 Å². The Morgan fingerprint density at radius 2 is 1.85 bits per heavy atom. The van der Waals surface area contributed by atoms with Crippen LogP contribution in [0.3, 0.4) is 0 Å². The van der Waals surface area contributed by atoms with E-state index in [1.165, 1.54) is 0 Å². The van der Waals surface area contributed by atoms with Crippen molar-refractivity contribution < 1.29 is 14.7 Å². The van der Waals surface area contributed by atoms with Gasteiger partial charge in [0.2, 0.25) is 5.91 Å². The van der Waals surface area contributed by atoms with Gasteiger partial charge in [0, 0.05) is 18.3 Å². The number of likely N-dealkylation sites (tertiary alicyclic amines) is 1. The van der Waals surface area contributed by atoms with Gasteiger partial charge in [-0.25, -0.2) is 0 Å². The number of aryl methyl sites for hydroxylation is 2. The third-order valence-corrected chi connectivity index (χ3v) is 4.67. The van der Waals surface area contributed by atoms with E-state index in [0.717, 1.165) is 49.2 Å². The highest BCUT2D eigenvalue weighted by atomic mass is 35.5. The summed E-state index contributed by atoms with van der Waals surface area (Å²) in [5.74, 6) is -0.793. The molecule has 1 aromatic carbocycles. The average Bonchev–Trinajstić information content (AvgIpc) is 2.70. The summed E-state index contributed by atoms with van der Waals surface area (Å²) in [6, 6.07) is 6.30. The van der Waals surface area contributed by atoms with E-state index < -0.39 is 5.97 Å². The summed E-state index contributed by atoms with van der Waals surface area (Å²) in [6.45, 7) is 6.17. The maximum atomic E-state index is 12.3. The van der Waals surface area contributed by atoms with Crippen molar-refractivity contribution in [3.8, 4) is 0 Å². The number of rotatable bonds is 6. The lowest BCUT2D eigenvalue weighted by molar-refractivity contribution is -0.138. The van der Waals surface area contributed by atoms with Crippen molar-refractivity contribution in [2.45, 2.75) is 39.2 Å². The van der Waals surface area contributed by atoms with Crippen molar-refractivity contribution in [2.75, 3.05) is 38.5 Å². The third-order valence-electron chi connectivity index (χ3n) is 4.67. The number of anilines is 1. The van der Waals surface area contributed by atoms with Crippen LogP contribution < -0.4 is 5.32 Å². The predicted molar refractivity (Wildman–Crippen MR) is 106 cm³/mol. The Kier molecular flexibility index (Phi) is 9.05. The molecule has 6 nitrogen and oxygen atoms in total. The van der Waals surface area contributed by atoms with E-state index in [1.807, 2.05) is 37.9 Å². The number of nitrogens with zero attached hydrogens (tertiary/aromatic N) is 2. The standard InChI is InChI=1S/C19H29N3O3.ClH/c1-14-9-15(2)11-16(10-14)20-18(23)12-22-7-4-5-17(6-8-22)21(3)13-19(24)25;/h9-11,17H,4-8,12-13H2,1-3H3,(H,20,23)(H,24,25);1H. The van der Waals surface area contributed by atoms with Gasteiger partial charge < -0.3 is 10.4 Å². The number of hydrogen-bond acceptors (Lipinski definition) is 4. The van der Waals surface area contributed by atoms with Gasteiger partial charge in [-0.1, -0.05) is 6.07 Å². The number of nitrogens with one attached hydrogen (secondary N) is 1. The first-order valence-electron chi connectivity index (χ1n) is 8.86. The highest BCUT2D eigenvalue weighted by molar-refractivity contribution is 5.92. The average molecular weight is 384 g/mol. The molecule has 0 aliphatic carbocycles. The van der Waals surface area contributed by atoms with Crippen LogP contribution in [-0.4, -0.2) is 66.1 Å². The molecular formula is C19H30ClN3O3. The molecule has 1 fully saturated rings. The summed E-state index contributed by atoms with van der Waals surface area (Å²) in [5, 5.41) is 11.9. The van der Waals surface area contributed by atoms with Crippen LogP contribution in [0.25, 0.3) is 0 Å². The van der Waals surface area contributed by atoms with Crippen molar-refractivity contribution >= 4 is 30.0 Å². The maximum absolute atomic E-state index is 12.3. The Labute approximate surface area is 162 Å². The Morgan fingerprint density at radius 3 is 2.46 bits per heavy atom. The molecular weight excluding hydrogens is 354 g/mol. The minimum Gasteiger partial charge on any atom is -0.480 e. The second kappa shape index (κ2) is 10.5. The molecule has 7 heteroatoms. The van der Waals surface area contributed by atoms with Gasteiger partial charge in [0.05, 0.1) is 13.1 Å². The number of hydrogen-bond donors (Lipinski definition) is 2. The summed E-state index contributed by atoms with van der Waals surface area (Å²) in [6.07, 6.45) is 2.84. The summed E-state index contributed by atoms with van der Waals surface area (Å²) in [5.41, 5.74) is 3.11. The Bertz CT molecular complexity index is 604. The quantitative estimate of drug-likeness (QED) is 0.789. The van der Waals surface area contributed by atoms with Crippen molar-refractivity contribution in [3.05, 3.63) is 29.3 Å². The summed E-state index contributed by atoms with van der Waals surface area (Å²) < 4.78 is 0. The minimum atomic E-state index is -0.795. The van der Waals surface area contributed by atoms with Crippen LogP contribution in [0.2, 0.25) is 0 Å². The van der Waals surface area contributed by atoms with Gasteiger partial charge in [-0.3, -0.25) is 19.4 Å². The van der Waals surface area contributed by atoms with Gasteiger partial charge in [0.15, 0.2) is 0 Å². The van der Waals surface area contributed by atoms with Gasteiger partial charge >= 0.3 is 5.97 Å². The largest absolute Gasteiger partial charge is 0.480 e. The van der Waals surface area contributed by atoms with Crippen LogP contribution in [-0.2, 0) is 9.59 Å². The number of carbonyl (C=O) groups is 2. The molecule has 1 atom stereocenters. The fraction of sp³-hybridized carbons (Fsp3) is 0.579. The van der Waals surface area contributed by atoms with Crippen LogP contribution in [0.15, 0.2) is 18.2 Å². The smallest absolute Gasteiger partial charge is 0.317 e. The number of benzene rings is 1. The lowest BCUT2D eigenvalue weighted by Gasteiger charge is -2.25. The first-order chi connectivity index (χ1) is 11.8. The zero-order valence-electron chi connectivity index (χ0n) is 15.8. The summed E-state index contributed by atoms with van der Waals surface area (Å²) in [7, 11) is 1.86. The van der Waals surface area contributed by atoms with Crippen LogP contribution >= 0.6 is 12.4 Å². The van der Waals surface area contributed by atoms with Gasteiger partial charge in [-0.05, 0) is 70.0 Å². The molecule has 1 unspecified atom stereocenters. The molecule has 1 saturated heterocycles. The Hall–Kier alpha value is -1.63. The van der Waals surface area contributed by atoms with E-state index in [-0.39, 0.29) is 30.9 Å². The van der Waals surface area contributed by atoms with Crippen molar-refractivity contribution in [2.24, 2.45) is 0 Å². The Morgan fingerprint density at radius 1 is 1.19 bits per heavy atom. The van der Waals surface area contributed by atoms with Gasteiger partial charge in [0.25, 0.3) is 0 Å². The molecule has 26 heavy (non-hydrogen) atoms. The molecule has 0 spiro atoms. The molecule has 1 heterocycles. The molecule has 1 aromatic rings. The lowest BCUT2D eigenvalue weighted by Crippen LogP contribution is -2.37. The van der Waals surface area contributed by atoms with Gasteiger partial charge in [0.1, 0.15) is 0 Å². The number of halogens is 1. The minimum absolute atomic E-state index is 0. The topological polar surface area (TPSA) is 72.9 Å². The lowest BCUT2D eigenvalue weighted by atomic mass is 10.1. The highest BCUT2D eigenvalue weighted by Gasteiger charge is 2.22. The van der Waals surface area contributed by atoms with E-state index >= 15 is 0 Å². The molecule has 0 radical (unpaired) electrons. The van der Waals surface area contributed by atoms with Crippen molar-refractivity contribution in [1.82, 2.24) is 9.80 Å². The molecule has 1 aliphatic heterocycles. The number of aliphatic carboxylic acids is 1. The number of amides is 1. The maximum Gasteiger partial charge on any atom is 0.317 e. The number of carboxylic acids is 1. The first kappa shape index (κ1) is 22.4. The van der Waals surface area contributed by atoms with E-state index in [0.29, 0.717) is 6.54 Å². The van der Waals surface area contributed by atoms with Crippen LogP contribution in [0.1, 0.15) is 30.4 Å². The summed E-state index contributed by atoms with van der Waals surface area (Å²) in [4.78, 5) is 27.3. The number of carbonyl (C=O) groups excluding carboxylic acids is 1. The number of likely N-dealkylation sites (N-methyl/N-ethyl adjacent to an activating group) is 1. The summed E-state index contributed by atoms with van der Waals surface area (Å²) >= 11 is 0. The van der Waals surface area contributed by atoms with Crippen LogP contribution in [0.4, 0.5) is 5.69 Å². The second-order valence-corrected chi connectivity index (χ2v) is 7.09. The SMILES string of the molecule is Cc1cc(C)cc(NC(=O)CN2CCCC(N(C)CC(=O)O)CC2)c1.Cl. The molecule has 1 amide bonds. The van der Waals surface area contributed by atoms with Gasteiger partial charge in [-0.15, -0.1) is 12.4 Å². The second-order valence-electron chi connectivity index (χ2n) is 7.09. The van der Waals surface area contributed by atoms with Gasteiger partial charge in [-0.2, -0.15) is 0 Å². The molecule has 0 aromatic heterocycles. The zero-order valence-corrected chi connectivity index (χ0v) is 16.6.